The SMILES string of the molecule is CC1CN(C(=O)C2CCNC2C)CC(C)S1. The molecule has 16 heavy (non-hydrogen) atoms. The van der Waals surface area contributed by atoms with Crippen molar-refractivity contribution in [2.45, 2.75) is 43.7 Å². The van der Waals surface area contributed by atoms with Crippen LogP contribution in [0.4, 0.5) is 0 Å². The molecule has 2 heterocycles. The van der Waals surface area contributed by atoms with Gasteiger partial charge in [-0.1, -0.05) is 13.8 Å². The topological polar surface area (TPSA) is 32.3 Å². The predicted molar refractivity (Wildman–Crippen MR) is 68.7 cm³/mol. The second kappa shape index (κ2) is 4.96. The lowest BCUT2D eigenvalue weighted by atomic mass is 10.00. The fourth-order valence-electron chi connectivity index (χ4n) is 2.79. The Bertz CT molecular complexity index is 262. The van der Waals surface area contributed by atoms with Crippen molar-refractivity contribution in [3.63, 3.8) is 0 Å². The van der Waals surface area contributed by atoms with E-state index in [0.29, 0.717) is 22.4 Å². The molecule has 1 amide bonds. The lowest BCUT2D eigenvalue weighted by Gasteiger charge is -2.36. The maximum absolute atomic E-state index is 12.4. The molecule has 0 bridgehead atoms. The van der Waals surface area contributed by atoms with Crippen LogP contribution in [0, 0.1) is 5.92 Å². The standard InChI is InChI=1S/C12H22N2OS/c1-8-6-14(7-9(2)16-8)12(15)11-4-5-13-10(11)3/h8-11,13H,4-7H2,1-3H3. The molecule has 2 aliphatic heterocycles. The summed E-state index contributed by atoms with van der Waals surface area (Å²) in [5.41, 5.74) is 0. The van der Waals surface area contributed by atoms with Crippen LogP contribution < -0.4 is 5.32 Å². The molecule has 2 saturated heterocycles. The number of thioether (sulfide) groups is 1. The van der Waals surface area contributed by atoms with Gasteiger partial charge in [-0.2, -0.15) is 11.8 Å². The van der Waals surface area contributed by atoms with Gasteiger partial charge < -0.3 is 10.2 Å². The van der Waals surface area contributed by atoms with Gasteiger partial charge in [-0.25, -0.2) is 0 Å². The molecule has 0 spiro atoms. The number of amides is 1. The van der Waals surface area contributed by atoms with Crippen LogP contribution >= 0.6 is 11.8 Å². The van der Waals surface area contributed by atoms with Gasteiger partial charge in [0.05, 0.1) is 5.92 Å². The number of carbonyl (C=O) groups excluding carboxylic acids is 1. The summed E-state index contributed by atoms with van der Waals surface area (Å²) in [5.74, 6) is 0.582. The highest BCUT2D eigenvalue weighted by atomic mass is 32.2. The highest BCUT2D eigenvalue weighted by Gasteiger charge is 2.35. The Labute approximate surface area is 102 Å². The van der Waals surface area contributed by atoms with Gasteiger partial charge >= 0.3 is 0 Å². The van der Waals surface area contributed by atoms with Gasteiger partial charge in [0.2, 0.25) is 5.91 Å². The van der Waals surface area contributed by atoms with Gasteiger partial charge in [0.1, 0.15) is 0 Å². The molecule has 0 aromatic carbocycles. The average Bonchev–Trinajstić information content (AvgIpc) is 2.62. The van der Waals surface area contributed by atoms with Crippen molar-refractivity contribution in [2.24, 2.45) is 5.92 Å². The summed E-state index contributed by atoms with van der Waals surface area (Å²) in [6, 6.07) is 0.354. The number of carbonyl (C=O) groups is 1. The van der Waals surface area contributed by atoms with E-state index in [0.717, 1.165) is 26.1 Å². The smallest absolute Gasteiger partial charge is 0.227 e. The van der Waals surface area contributed by atoms with Crippen molar-refractivity contribution in [1.29, 1.82) is 0 Å². The van der Waals surface area contributed by atoms with Crippen LogP contribution in [-0.4, -0.2) is 47.0 Å². The summed E-state index contributed by atoms with van der Waals surface area (Å²) in [4.78, 5) is 14.5. The molecule has 0 aromatic heterocycles. The lowest BCUT2D eigenvalue weighted by molar-refractivity contribution is -0.135. The predicted octanol–water partition coefficient (Wildman–Crippen LogP) is 1.34. The lowest BCUT2D eigenvalue weighted by Crippen LogP contribution is -2.48. The van der Waals surface area contributed by atoms with Crippen LogP contribution in [0.5, 0.6) is 0 Å². The van der Waals surface area contributed by atoms with E-state index in [1.807, 2.05) is 11.8 Å². The third-order valence-corrected chi connectivity index (χ3v) is 4.80. The van der Waals surface area contributed by atoms with Gasteiger partial charge in [-0.3, -0.25) is 4.79 Å². The molecular weight excluding hydrogens is 220 g/mol. The van der Waals surface area contributed by atoms with Gasteiger partial charge in [-0.15, -0.1) is 0 Å². The van der Waals surface area contributed by atoms with E-state index < -0.39 is 0 Å². The van der Waals surface area contributed by atoms with Crippen molar-refractivity contribution >= 4 is 17.7 Å². The molecule has 2 aliphatic rings. The van der Waals surface area contributed by atoms with Crippen molar-refractivity contribution in [3.05, 3.63) is 0 Å². The van der Waals surface area contributed by atoms with Crippen LogP contribution in [-0.2, 0) is 4.79 Å². The maximum Gasteiger partial charge on any atom is 0.227 e. The van der Waals surface area contributed by atoms with E-state index in [9.17, 15) is 4.79 Å². The van der Waals surface area contributed by atoms with E-state index in [-0.39, 0.29) is 5.92 Å². The quantitative estimate of drug-likeness (QED) is 0.753. The molecule has 2 fully saturated rings. The van der Waals surface area contributed by atoms with E-state index in [1.165, 1.54) is 0 Å². The van der Waals surface area contributed by atoms with E-state index in [2.05, 4.69) is 31.0 Å². The molecule has 4 unspecified atom stereocenters. The highest BCUT2D eigenvalue weighted by Crippen LogP contribution is 2.27. The Morgan fingerprint density at radius 1 is 1.25 bits per heavy atom. The van der Waals surface area contributed by atoms with E-state index >= 15 is 0 Å². The molecule has 0 radical (unpaired) electrons. The monoisotopic (exact) mass is 242 g/mol. The fourth-order valence-corrected chi connectivity index (χ4v) is 4.11. The molecule has 0 aliphatic carbocycles. The van der Waals surface area contributed by atoms with Crippen LogP contribution in [0.15, 0.2) is 0 Å². The zero-order valence-corrected chi connectivity index (χ0v) is 11.2. The second-order valence-corrected chi connectivity index (χ2v) is 7.02. The van der Waals surface area contributed by atoms with Crippen LogP contribution in [0.1, 0.15) is 27.2 Å². The normalized spacial score (nSPS) is 40.1. The molecule has 4 heteroatoms. The number of hydrogen-bond donors (Lipinski definition) is 1. The summed E-state index contributed by atoms with van der Waals surface area (Å²) >= 11 is 2.00. The molecule has 3 nitrogen and oxygen atoms in total. The van der Waals surface area contributed by atoms with E-state index in [1.54, 1.807) is 0 Å². The summed E-state index contributed by atoms with van der Waals surface area (Å²) in [6.07, 6.45) is 1.01. The summed E-state index contributed by atoms with van der Waals surface area (Å²) in [6.45, 7) is 9.41. The molecule has 0 aromatic rings. The fraction of sp³-hybridized carbons (Fsp3) is 0.917. The zero-order chi connectivity index (χ0) is 11.7. The van der Waals surface area contributed by atoms with Gasteiger partial charge in [0.15, 0.2) is 0 Å². The summed E-state index contributed by atoms with van der Waals surface area (Å²) in [7, 11) is 0. The van der Waals surface area contributed by atoms with Gasteiger partial charge in [0.25, 0.3) is 0 Å². The van der Waals surface area contributed by atoms with Crippen LogP contribution in [0.25, 0.3) is 0 Å². The molecular formula is C12H22N2OS. The molecule has 0 saturated carbocycles. The average molecular weight is 242 g/mol. The van der Waals surface area contributed by atoms with Gasteiger partial charge in [0, 0.05) is 29.6 Å². The van der Waals surface area contributed by atoms with E-state index in [4.69, 9.17) is 0 Å². The largest absolute Gasteiger partial charge is 0.340 e. The maximum atomic E-state index is 12.4. The summed E-state index contributed by atoms with van der Waals surface area (Å²) in [5, 5.41) is 4.52. The number of rotatable bonds is 1. The third-order valence-electron chi connectivity index (χ3n) is 3.57. The minimum Gasteiger partial charge on any atom is -0.340 e. The summed E-state index contributed by atoms with van der Waals surface area (Å²) < 4.78 is 0. The highest BCUT2D eigenvalue weighted by molar-refractivity contribution is 8.00. The molecule has 92 valence electrons. The Kier molecular flexibility index (Phi) is 3.80. The number of nitrogens with one attached hydrogen (secondary N) is 1. The minimum absolute atomic E-state index is 0.211. The van der Waals surface area contributed by atoms with Crippen LogP contribution in [0.2, 0.25) is 0 Å². The molecule has 4 atom stereocenters. The first-order valence-corrected chi connectivity index (χ1v) is 7.20. The zero-order valence-electron chi connectivity index (χ0n) is 10.4. The first kappa shape index (κ1) is 12.2. The number of nitrogens with zero attached hydrogens (tertiary/aromatic N) is 1. The Morgan fingerprint density at radius 2 is 1.88 bits per heavy atom. The van der Waals surface area contributed by atoms with Gasteiger partial charge in [-0.05, 0) is 19.9 Å². The first-order valence-electron chi connectivity index (χ1n) is 6.25. The Morgan fingerprint density at radius 3 is 2.38 bits per heavy atom. The minimum atomic E-state index is 0.211. The van der Waals surface area contributed by atoms with Crippen molar-refractivity contribution in [2.75, 3.05) is 19.6 Å². The molecule has 1 N–H and O–H groups in total. The Balaban J connectivity index is 1.98. The second-order valence-electron chi connectivity index (χ2n) is 5.14. The third kappa shape index (κ3) is 2.54. The van der Waals surface area contributed by atoms with Crippen molar-refractivity contribution in [1.82, 2.24) is 10.2 Å². The first-order chi connectivity index (χ1) is 7.58. The Hall–Kier alpha value is -0.220. The van der Waals surface area contributed by atoms with Crippen molar-refractivity contribution < 1.29 is 4.79 Å². The van der Waals surface area contributed by atoms with Crippen LogP contribution in [0.3, 0.4) is 0 Å². The van der Waals surface area contributed by atoms with Crippen molar-refractivity contribution in [3.8, 4) is 0 Å². The molecule has 2 rings (SSSR count). The number of hydrogen-bond acceptors (Lipinski definition) is 3.